The highest BCUT2D eigenvalue weighted by molar-refractivity contribution is 6.42. The van der Waals surface area contributed by atoms with Gasteiger partial charge >= 0.3 is 0 Å². The smallest absolute Gasteiger partial charge is 0.130 e. The van der Waals surface area contributed by atoms with Crippen LogP contribution in [0.2, 0.25) is 10.0 Å². The fourth-order valence-corrected chi connectivity index (χ4v) is 2.30. The summed E-state index contributed by atoms with van der Waals surface area (Å²) in [5.74, 6) is 0.149. The van der Waals surface area contributed by atoms with Gasteiger partial charge in [0.15, 0.2) is 0 Å². The SMILES string of the molecule is CC(=O)CC(C)(C)c1cccc(Cl)c1Cl. The van der Waals surface area contributed by atoms with Crippen molar-refractivity contribution in [2.75, 3.05) is 0 Å². The molecule has 0 saturated heterocycles. The molecule has 1 nitrogen and oxygen atoms in total. The molecule has 0 aliphatic carbocycles. The zero-order chi connectivity index (χ0) is 11.6. The van der Waals surface area contributed by atoms with E-state index in [0.29, 0.717) is 16.5 Å². The molecule has 0 N–H and O–H groups in total. The van der Waals surface area contributed by atoms with Crippen LogP contribution >= 0.6 is 23.2 Å². The second-order valence-corrected chi connectivity index (χ2v) is 5.15. The summed E-state index contributed by atoms with van der Waals surface area (Å²) in [6.45, 7) is 5.57. The van der Waals surface area contributed by atoms with Crippen LogP contribution in [0, 0.1) is 0 Å². The third-order valence-electron chi connectivity index (χ3n) is 2.37. The van der Waals surface area contributed by atoms with Crippen LogP contribution < -0.4 is 0 Å². The van der Waals surface area contributed by atoms with Gasteiger partial charge in [-0.1, -0.05) is 49.2 Å². The average molecular weight is 245 g/mol. The Morgan fingerprint density at radius 1 is 1.33 bits per heavy atom. The Hall–Kier alpha value is -0.530. The molecule has 0 amide bonds. The normalized spacial score (nSPS) is 11.5. The number of rotatable bonds is 3. The molecule has 0 radical (unpaired) electrons. The van der Waals surface area contributed by atoms with Gasteiger partial charge in [0.25, 0.3) is 0 Å². The topological polar surface area (TPSA) is 17.1 Å². The minimum atomic E-state index is -0.270. The third kappa shape index (κ3) is 2.96. The van der Waals surface area contributed by atoms with Crippen molar-refractivity contribution in [3.63, 3.8) is 0 Å². The summed E-state index contributed by atoms with van der Waals surface area (Å²) in [5, 5.41) is 1.08. The van der Waals surface area contributed by atoms with Gasteiger partial charge in [-0.2, -0.15) is 0 Å². The van der Waals surface area contributed by atoms with Crippen LogP contribution in [0.3, 0.4) is 0 Å². The van der Waals surface area contributed by atoms with Crippen molar-refractivity contribution in [3.05, 3.63) is 33.8 Å². The molecule has 82 valence electrons. The van der Waals surface area contributed by atoms with Gasteiger partial charge in [0.2, 0.25) is 0 Å². The van der Waals surface area contributed by atoms with Crippen molar-refractivity contribution >= 4 is 29.0 Å². The van der Waals surface area contributed by atoms with E-state index in [-0.39, 0.29) is 11.2 Å². The van der Waals surface area contributed by atoms with Crippen LogP contribution in [0.4, 0.5) is 0 Å². The fourth-order valence-electron chi connectivity index (χ4n) is 1.74. The number of ketones is 1. The maximum Gasteiger partial charge on any atom is 0.130 e. The number of carbonyl (C=O) groups is 1. The molecule has 15 heavy (non-hydrogen) atoms. The number of hydrogen-bond acceptors (Lipinski definition) is 1. The van der Waals surface area contributed by atoms with Gasteiger partial charge in [-0.15, -0.1) is 0 Å². The van der Waals surface area contributed by atoms with Crippen molar-refractivity contribution in [2.45, 2.75) is 32.6 Å². The Kier molecular flexibility index (Phi) is 3.80. The summed E-state index contributed by atoms with van der Waals surface area (Å²) >= 11 is 12.1. The maximum absolute atomic E-state index is 11.2. The van der Waals surface area contributed by atoms with Crippen LogP contribution in [0.25, 0.3) is 0 Å². The predicted molar refractivity (Wildman–Crippen MR) is 64.8 cm³/mol. The number of hydrogen-bond donors (Lipinski definition) is 0. The summed E-state index contributed by atoms with van der Waals surface area (Å²) in [5.41, 5.74) is 0.653. The zero-order valence-corrected chi connectivity index (χ0v) is 10.6. The van der Waals surface area contributed by atoms with Crippen LogP contribution in [0.5, 0.6) is 0 Å². The average Bonchev–Trinajstić information content (AvgIpc) is 2.07. The van der Waals surface area contributed by atoms with Crippen molar-refractivity contribution in [1.82, 2.24) is 0 Å². The first-order valence-electron chi connectivity index (χ1n) is 4.78. The molecule has 0 aromatic heterocycles. The molecular formula is C12H14Cl2O. The van der Waals surface area contributed by atoms with Gasteiger partial charge < -0.3 is 0 Å². The molecule has 0 saturated carbocycles. The number of benzene rings is 1. The standard InChI is InChI=1S/C12H14Cl2O/c1-8(15)7-12(2,3)9-5-4-6-10(13)11(9)14/h4-6H,7H2,1-3H3. The van der Waals surface area contributed by atoms with E-state index in [9.17, 15) is 4.79 Å². The first kappa shape index (κ1) is 12.5. The molecule has 0 fully saturated rings. The molecule has 0 unspecified atom stereocenters. The molecule has 3 heteroatoms. The monoisotopic (exact) mass is 244 g/mol. The van der Waals surface area contributed by atoms with E-state index in [1.165, 1.54) is 0 Å². The zero-order valence-electron chi connectivity index (χ0n) is 9.10. The van der Waals surface area contributed by atoms with Gasteiger partial charge in [0, 0.05) is 6.42 Å². The second kappa shape index (κ2) is 4.54. The number of halogens is 2. The van der Waals surface area contributed by atoms with Crippen molar-refractivity contribution in [1.29, 1.82) is 0 Å². The molecule has 0 spiro atoms. The minimum Gasteiger partial charge on any atom is -0.300 e. The van der Waals surface area contributed by atoms with Gasteiger partial charge in [-0.3, -0.25) is 4.79 Å². The molecule has 0 heterocycles. The minimum absolute atomic E-state index is 0.149. The van der Waals surface area contributed by atoms with Crippen LogP contribution in [-0.4, -0.2) is 5.78 Å². The lowest BCUT2D eigenvalue weighted by Gasteiger charge is -2.25. The molecule has 0 aliphatic heterocycles. The Balaban J connectivity index is 3.14. The first-order chi connectivity index (χ1) is 6.84. The van der Waals surface area contributed by atoms with Gasteiger partial charge in [-0.25, -0.2) is 0 Å². The predicted octanol–water partition coefficient (Wildman–Crippen LogP) is 4.25. The summed E-state index contributed by atoms with van der Waals surface area (Å²) in [7, 11) is 0. The highest BCUT2D eigenvalue weighted by atomic mass is 35.5. The van der Waals surface area contributed by atoms with Gasteiger partial charge in [0.1, 0.15) is 5.78 Å². The van der Waals surface area contributed by atoms with Gasteiger partial charge in [-0.05, 0) is 24.0 Å². The van der Waals surface area contributed by atoms with E-state index in [0.717, 1.165) is 5.56 Å². The second-order valence-electron chi connectivity index (χ2n) is 4.36. The Morgan fingerprint density at radius 3 is 2.47 bits per heavy atom. The molecule has 1 rings (SSSR count). The summed E-state index contributed by atoms with van der Waals surface area (Å²) < 4.78 is 0. The fraction of sp³-hybridized carbons (Fsp3) is 0.417. The van der Waals surface area contributed by atoms with E-state index in [1.54, 1.807) is 13.0 Å². The largest absolute Gasteiger partial charge is 0.300 e. The number of carbonyl (C=O) groups excluding carboxylic acids is 1. The van der Waals surface area contributed by atoms with Crippen LogP contribution in [0.15, 0.2) is 18.2 Å². The molecule has 0 atom stereocenters. The van der Waals surface area contributed by atoms with E-state index >= 15 is 0 Å². The molecule has 0 bridgehead atoms. The van der Waals surface area contributed by atoms with E-state index in [2.05, 4.69) is 0 Å². The maximum atomic E-state index is 11.2. The summed E-state index contributed by atoms with van der Waals surface area (Å²) in [4.78, 5) is 11.2. The van der Waals surface area contributed by atoms with Crippen LogP contribution in [0.1, 0.15) is 32.8 Å². The molecule has 1 aromatic rings. The molecular weight excluding hydrogens is 231 g/mol. The molecule has 0 aliphatic rings. The highest BCUT2D eigenvalue weighted by Crippen LogP contribution is 2.36. The van der Waals surface area contributed by atoms with E-state index in [4.69, 9.17) is 23.2 Å². The number of Topliss-reactive ketones (excluding diaryl/α,β-unsaturated/α-hetero) is 1. The first-order valence-corrected chi connectivity index (χ1v) is 5.54. The summed E-state index contributed by atoms with van der Waals surface area (Å²) in [6.07, 6.45) is 0.465. The lowest BCUT2D eigenvalue weighted by molar-refractivity contribution is -0.118. The van der Waals surface area contributed by atoms with Crippen molar-refractivity contribution < 1.29 is 4.79 Å². The molecule has 1 aromatic carbocycles. The quantitative estimate of drug-likeness (QED) is 0.777. The van der Waals surface area contributed by atoms with Crippen molar-refractivity contribution in [2.24, 2.45) is 0 Å². The highest BCUT2D eigenvalue weighted by Gasteiger charge is 2.25. The third-order valence-corrected chi connectivity index (χ3v) is 3.19. The van der Waals surface area contributed by atoms with Crippen molar-refractivity contribution in [3.8, 4) is 0 Å². The van der Waals surface area contributed by atoms with E-state index < -0.39 is 0 Å². The lowest BCUT2D eigenvalue weighted by atomic mass is 9.80. The van der Waals surface area contributed by atoms with Crippen LogP contribution in [-0.2, 0) is 10.2 Å². The van der Waals surface area contributed by atoms with E-state index in [1.807, 2.05) is 26.0 Å². The summed E-state index contributed by atoms with van der Waals surface area (Å²) in [6, 6.07) is 5.51. The Bertz CT molecular complexity index is 383. The lowest BCUT2D eigenvalue weighted by Crippen LogP contribution is -2.21. The van der Waals surface area contributed by atoms with Gasteiger partial charge in [0.05, 0.1) is 10.0 Å². The Labute approximate surface area is 100 Å². The Morgan fingerprint density at radius 2 is 1.93 bits per heavy atom.